The SMILES string of the molecule is CC(=O)SCC1(CSC(C)=O)CN(C(=O)OC(C)(C)C)C1. The van der Waals surface area contributed by atoms with E-state index in [9.17, 15) is 14.4 Å². The molecular weight excluding hydrogens is 310 g/mol. The Kier molecular flexibility index (Phi) is 6.16. The van der Waals surface area contributed by atoms with Gasteiger partial charge >= 0.3 is 6.09 Å². The molecule has 1 rings (SSSR count). The highest BCUT2D eigenvalue weighted by Crippen LogP contribution is 2.38. The van der Waals surface area contributed by atoms with Crippen LogP contribution in [0.3, 0.4) is 0 Å². The molecule has 0 aromatic carbocycles. The summed E-state index contributed by atoms with van der Waals surface area (Å²) in [6.07, 6.45) is -0.334. The van der Waals surface area contributed by atoms with Crippen molar-refractivity contribution < 1.29 is 19.1 Å². The molecule has 0 unspecified atom stereocenters. The molecule has 0 aromatic rings. The molecule has 5 nitrogen and oxygen atoms in total. The Balaban J connectivity index is 2.57. The Morgan fingerprint density at radius 1 is 1.05 bits per heavy atom. The van der Waals surface area contributed by atoms with Crippen LogP contribution in [0.1, 0.15) is 34.6 Å². The van der Waals surface area contributed by atoms with Gasteiger partial charge in [0.2, 0.25) is 0 Å². The van der Waals surface area contributed by atoms with Gasteiger partial charge in [0.15, 0.2) is 10.2 Å². The quantitative estimate of drug-likeness (QED) is 0.788. The molecule has 0 aliphatic carbocycles. The van der Waals surface area contributed by atoms with Crippen LogP contribution in [0.25, 0.3) is 0 Å². The van der Waals surface area contributed by atoms with E-state index in [4.69, 9.17) is 4.74 Å². The number of hydrogen-bond donors (Lipinski definition) is 0. The number of hydrogen-bond acceptors (Lipinski definition) is 6. The van der Waals surface area contributed by atoms with Crippen LogP contribution in [-0.4, -0.2) is 51.4 Å². The van der Waals surface area contributed by atoms with Gasteiger partial charge in [0.1, 0.15) is 5.60 Å². The van der Waals surface area contributed by atoms with Crippen molar-refractivity contribution in [3.05, 3.63) is 0 Å². The van der Waals surface area contributed by atoms with E-state index in [0.29, 0.717) is 24.6 Å². The van der Waals surface area contributed by atoms with E-state index >= 15 is 0 Å². The molecule has 1 heterocycles. The summed E-state index contributed by atoms with van der Waals surface area (Å²) < 4.78 is 5.33. The average Bonchev–Trinajstić information content (AvgIpc) is 2.23. The number of thioether (sulfide) groups is 2. The van der Waals surface area contributed by atoms with Crippen LogP contribution in [-0.2, 0) is 14.3 Å². The van der Waals surface area contributed by atoms with E-state index in [1.54, 1.807) is 4.90 Å². The third kappa shape index (κ3) is 6.30. The van der Waals surface area contributed by atoms with Crippen molar-refractivity contribution in [1.29, 1.82) is 0 Å². The van der Waals surface area contributed by atoms with Gasteiger partial charge in [-0.05, 0) is 20.8 Å². The fourth-order valence-electron chi connectivity index (χ4n) is 1.95. The third-order valence-corrected chi connectivity index (χ3v) is 5.19. The summed E-state index contributed by atoms with van der Waals surface area (Å²) >= 11 is 2.50. The molecule has 0 radical (unpaired) electrons. The molecule has 120 valence electrons. The lowest BCUT2D eigenvalue weighted by Crippen LogP contribution is -2.61. The predicted molar refractivity (Wildman–Crippen MR) is 86.5 cm³/mol. The zero-order valence-electron chi connectivity index (χ0n) is 13.2. The van der Waals surface area contributed by atoms with Crippen molar-refractivity contribution >= 4 is 39.8 Å². The van der Waals surface area contributed by atoms with E-state index in [-0.39, 0.29) is 21.7 Å². The molecule has 1 fully saturated rings. The van der Waals surface area contributed by atoms with Crippen LogP contribution in [0.15, 0.2) is 0 Å². The van der Waals surface area contributed by atoms with Crippen molar-refractivity contribution in [3.63, 3.8) is 0 Å². The van der Waals surface area contributed by atoms with Crippen LogP contribution in [0.4, 0.5) is 4.79 Å². The van der Waals surface area contributed by atoms with E-state index in [1.165, 1.54) is 37.4 Å². The first-order valence-electron chi connectivity index (χ1n) is 6.78. The highest BCUT2D eigenvalue weighted by molar-refractivity contribution is 8.14. The van der Waals surface area contributed by atoms with E-state index in [1.807, 2.05) is 20.8 Å². The van der Waals surface area contributed by atoms with Crippen molar-refractivity contribution in [3.8, 4) is 0 Å². The van der Waals surface area contributed by atoms with E-state index in [0.717, 1.165) is 0 Å². The van der Waals surface area contributed by atoms with Gasteiger partial charge < -0.3 is 9.64 Å². The molecule has 1 aliphatic heterocycles. The highest BCUT2D eigenvalue weighted by atomic mass is 32.2. The van der Waals surface area contributed by atoms with Gasteiger partial charge in [-0.3, -0.25) is 9.59 Å². The Bertz CT molecular complexity index is 405. The lowest BCUT2D eigenvalue weighted by molar-refractivity contribution is -0.109. The van der Waals surface area contributed by atoms with Crippen molar-refractivity contribution in [2.75, 3.05) is 24.6 Å². The first kappa shape index (κ1) is 18.4. The summed E-state index contributed by atoms with van der Waals surface area (Å²) in [5.74, 6) is 1.25. The maximum absolute atomic E-state index is 12.0. The summed E-state index contributed by atoms with van der Waals surface area (Å²) in [6.45, 7) is 9.60. The molecule has 1 amide bonds. The van der Waals surface area contributed by atoms with Gasteiger partial charge in [-0.1, -0.05) is 23.5 Å². The van der Waals surface area contributed by atoms with Crippen LogP contribution >= 0.6 is 23.5 Å². The zero-order valence-corrected chi connectivity index (χ0v) is 14.9. The van der Waals surface area contributed by atoms with Crippen molar-refractivity contribution in [2.24, 2.45) is 5.41 Å². The topological polar surface area (TPSA) is 63.7 Å². The largest absolute Gasteiger partial charge is 0.444 e. The predicted octanol–water partition coefficient (Wildman–Crippen LogP) is 2.78. The van der Waals surface area contributed by atoms with Gasteiger partial charge in [0.25, 0.3) is 0 Å². The molecule has 0 atom stereocenters. The standard InChI is InChI=1S/C14H23NO4S2/c1-10(16)20-8-14(9-21-11(2)17)6-15(7-14)12(18)19-13(3,4)5/h6-9H2,1-5H3. The van der Waals surface area contributed by atoms with Gasteiger partial charge in [0, 0.05) is 43.9 Å². The number of nitrogens with zero attached hydrogens (tertiary/aromatic N) is 1. The number of rotatable bonds is 4. The average molecular weight is 333 g/mol. The molecular formula is C14H23NO4S2. The first-order valence-corrected chi connectivity index (χ1v) is 8.75. The van der Waals surface area contributed by atoms with E-state index < -0.39 is 5.60 Å². The maximum Gasteiger partial charge on any atom is 0.410 e. The lowest BCUT2D eigenvalue weighted by atomic mass is 9.84. The van der Waals surface area contributed by atoms with Gasteiger partial charge in [-0.15, -0.1) is 0 Å². The first-order chi connectivity index (χ1) is 9.53. The van der Waals surface area contributed by atoms with Gasteiger partial charge in [-0.2, -0.15) is 0 Å². The van der Waals surface area contributed by atoms with Crippen LogP contribution in [0.5, 0.6) is 0 Å². The van der Waals surface area contributed by atoms with Crippen molar-refractivity contribution in [1.82, 2.24) is 4.90 Å². The second-order valence-electron chi connectivity index (χ2n) is 6.40. The highest BCUT2D eigenvalue weighted by Gasteiger charge is 2.46. The fourth-order valence-corrected chi connectivity index (χ4v) is 3.67. The monoisotopic (exact) mass is 333 g/mol. The number of carbonyl (C=O) groups excluding carboxylic acids is 3. The molecule has 1 saturated heterocycles. The molecule has 0 bridgehead atoms. The van der Waals surface area contributed by atoms with Gasteiger partial charge in [-0.25, -0.2) is 4.79 Å². The number of amides is 1. The van der Waals surface area contributed by atoms with Crippen LogP contribution in [0.2, 0.25) is 0 Å². The molecule has 0 aromatic heterocycles. The lowest BCUT2D eigenvalue weighted by Gasteiger charge is -2.49. The summed E-state index contributed by atoms with van der Waals surface area (Å²) in [7, 11) is 0. The summed E-state index contributed by atoms with van der Waals surface area (Å²) in [4.78, 5) is 35.9. The third-order valence-electron chi connectivity index (χ3n) is 2.87. The van der Waals surface area contributed by atoms with Crippen molar-refractivity contribution in [2.45, 2.75) is 40.2 Å². The van der Waals surface area contributed by atoms with E-state index in [2.05, 4.69) is 0 Å². The fraction of sp³-hybridized carbons (Fsp3) is 0.786. The zero-order chi connectivity index (χ0) is 16.3. The summed E-state index contributed by atoms with van der Waals surface area (Å²) in [6, 6.07) is 0. The number of carbonyl (C=O) groups is 3. The number of ether oxygens (including phenoxy) is 1. The summed E-state index contributed by atoms with van der Waals surface area (Å²) in [5, 5.41) is 0.107. The minimum atomic E-state index is -0.516. The second kappa shape index (κ2) is 7.05. The minimum absolute atomic E-state index is 0.0536. The maximum atomic E-state index is 12.0. The Hall–Kier alpha value is -0.690. The summed E-state index contributed by atoms with van der Waals surface area (Å²) in [5.41, 5.74) is -0.693. The Morgan fingerprint density at radius 2 is 1.48 bits per heavy atom. The Labute approximate surface area is 134 Å². The molecule has 7 heteroatoms. The van der Waals surface area contributed by atoms with Crippen LogP contribution in [0, 0.1) is 5.41 Å². The molecule has 21 heavy (non-hydrogen) atoms. The molecule has 0 N–H and O–H groups in total. The van der Waals surface area contributed by atoms with Gasteiger partial charge in [0.05, 0.1) is 0 Å². The molecule has 0 spiro atoms. The smallest absolute Gasteiger partial charge is 0.410 e. The minimum Gasteiger partial charge on any atom is -0.444 e. The van der Waals surface area contributed by atoms with Crippen LogP contribution < -0.4 is 0 Å². The Morgan fingerprint density at radius 3 is 1.81 bits per heavy atom. The molecule has 0 saturated carbocycles. The number of likely N-dealkylation sites (tertiary alicyclic amines) is 1. The molecule has 1 aliphatic rings. The second-order valence-corrected chi connectivity index (χ2v) is 8.70. The normalized spacial score (nSPS) is 17.1.